The van der Waals surface area contributed by atoms with E-state index in [1.807, 2.05) is 13.8 Å². The summed E-state index contributed by atoms with van der Waals surface area (Å²) < 4.78 is 17.1. The summed E-state index contributed by atoms with van der Waals surface area (Å²) in [7, 11) is -0.894. The molecule has 2 aliphatic rings. The molecule has 2 rings (SSSR count). The Balaban J connectivity index is 1.88. The zero-order valence-electron chi connectivity index (χ0n) is 14.0. The van der Waals surface area contributed by atoms with E-state index in [0.29, 0.717) is 11.9 Å². The van der Waals surface area contributed by atoms with Gasteiger partial charge in [-0.15, -0.1) is 0 Å². The summed E-state index contributed by atoms with van der Waals surface area (Å²) in [4.78, 5) is 12.2. The molecule has 0 aromatic heterocycles. The molecular formula is C16H30N2O3S. The van der Waals surface area contributed by atoms with Crippen LogP contribution in [0.4, 0.5) is 4.79 Å². The molecule has 0 bridgehead atoms. The predicted octanol–water partition coefficient (Wildman–Crippen LogP) is 2.18. The summed E-state index contributed by atoms with van der Waals surface area (Å²) in [5.41, 5.74) is 0.141. The van der Waals surface area contributed by atoms with Crippen LogP contribution in [0.5, 0.6) is 0 Å². The van der Waals surface area contributed by atoms with E-state index in [-0.39, 0.29) is 23.5 Å². The number of hydrogen-bond acceptors (Lipinski definition) is 3. The first-order chi connectivity index (χ1) is 10.5. The molecule has 0 saturated heterocycles. The lowest BCUT2D eigenvalue weighted by Crippen LogP contribution is -2.66. The van der Waals surface area contributed by atoms with Gasteiger partial charge < -0.3 is 15.4 Å². The van der Waals surface area contributed by atoms with Crippen molar-refractivity contribution in [3.8, 4) is 0 Å². The molecule has 0 heterocycles. The van der Waals surface area contributed by atoms with Gasteiger partial charge in [0.2, 0.25) is 0 Å². The van der Waals surface area contributed by atoms with Gasteiger partial charge in [0.15, 0.2) is 0 Å². The summed E-state index contributed by atoms with van der Waals surface area (Å²) in [5.74, 6) is 0.491. The number of hydrogen-bond donors (Lipinski definition) is 2. The SMILES string of the molecule is CCO[C@@H]1C[C@H](NC(=O)N[C@H](C)C[S@@](C)=O)C12CCCCC2. The van der Waals surface area contributed by atoms with Crippen LogP contribution in [0.25, 0.3) is 0 Å². The van der Waals surface area contributed by atoms with Crippen LogP contribution < -0.4 is 10.6 Å². The van der Waals surface area contributed by atoms with E-state index < -0.39 is 10.8 Å². The Kier molecular flexibility index (Phi) is 6.26. The van der Waals surface area contributed by atoms with Crippen LogP contribution in [0, 0.1) is 5.41 Å². The highest BCUT2D eigenvalue weighted by Gasteiger charge is 2.56. The summed E-state index contributed by atoms with van der Waals surface area (Å²) >= 11 is 0. The van der Waals surface area contributed by atoms with E-state index in [4.69, 9.17) is 4.74 Å². The minimum absolute atomic E-state index is 0.0732. The van der Waals surface area contributed by atoms with Crippen molar-refractivity contribution in [2.24, 2.45) is 5.41 Å². The Morgan fingerprint density at radius 1 is 1.36 bits per heavy atom. The second-order valence-corrected chi connectivity index (χ2v) is 8.26. The van der Waals surface area contributed by atoms with E-state index in [0.717, 1.165) is 25.9 Å². The molecule has 0 aromatic rings. The third-order valence-electron chi connectivity index (χ3n) is 5.10. The van der Waals surface area contributed by atoms with Crippen molar-refractivity contribution in [2.45, 2.75) is 70.6 Å². The maximum absolute atomic E-state index is 12.2. The van der Waals surface area contributed by atoms with Gasteiger partial charge in [-0.05, 0) is 33.1 Å². The van der Waals surface area contributed by atoms with E-state index in [1.54, 1.807) is 6.26 Å². The molecule has 2 aliphatic carbocycles. The molecule has 22 heavy (non-hydrogen) atoms. The summed E-state index contributed by atoms with van der Waals surface area (Å²) in [6.07, 6.45) is 8.92. The number of carbonyl (C=O) groups excluding carboxylic acids is 1. The molecule has 2 amide bonds. The topological polar surface area (TPSA) is 67.4 Å². The summed E-state index contributed by atoms with van der Waals surface area (Å²) in [6.45, 7) is 4.67. The van der Waals surface area contributed by atoms with Gasteiger partial charge in [-0.2, -0.15) is 0 Å². The van der Waals surface area contributed by atoms with Gasteiger partial charge in [0.1, 0.15) is 0 Å². The zero-order chi connectivity index (χ0) is 16.2. The van der Waals surface area contributed by atoms with Crippen LogP contribution in [-0.4, -0.2) is 47.0 Å². The van der Waals surface area contributed by atoms with Crippen molar-refractivity contribution >= 4 is 16.8 Å². The van der Waals surface area contributed by atoms with Crippen LogP contribution >= 0.6 is 0 Å². The highest BCUT2D eigenvalue weighted by Crippen LogP contribution is 2.53. The van der Waals surface area contributed by atoms with Crippen molar-refractivity contribution in [3.63, 3.8) is 0 Å². The smallest absolute Gasteiger partial charge is 0.315 e. The Bertz CT molecular complexity index is 410. The Morgan fingerprint density at radius 2 is 2.05 bits per heavy atom. The van der Waals surface area contributed by atoms with Crippen molar-refractivity contribution in [1.29, 1.82) is 0 Å². The molecule has 2 N–H and O–H groups in total. The molecule has 0 radical (unpaired) electrons. The molecule has 128 valence electrons. The maximum Gasteiger partial charge on any atom is 0.315 e. The minimum Gasteiger partial charge on any atom is -0.378 e. The lowest BCUT2D eigenvalue weighted by atomic mass is 9.55. The fourth-order valence-corrected chi connectivity index (χ4v) is 4.87. The highest BCUT2D eigenvalue weighted by atomic mass is 32.2. The van der Waals surface area contributed by atoms with Crippen LogP contribution in [0.2, 0.25) is 0 Å². The number of nitrogens with one attached hydrogen (secondary N) is 2. The van der Waals surface area contributed by atoms with E-state index in [2.05, 4.69) is 10.6 Å². The Hall–Kier alpha value is -0.620. The van der Waals surface area contributed by atoms with Crippen molar-refractivity contribution in [3.05, 3.63) is 0 Å². The van der Waals surface area contributed by atoms with Crippen molar-refractivity contribution in [2.75, 3.05) is 18.6 Å². The molecule has 6 heteroatoms. The lowest BCUT2D eigenvalue weighted by Gasteiger charge is -2.57. The average molecular weight is 330 g/mol. The average Bonchev–Trinajstić information content (AvgIpc) is 2.46. The fourth-order valence-electron chi connectivity index (χ4n) is 4.08. The monoisotopic (exact) mass is 330 g/mol. The Labute approximate surface area is 136 Å². The Morgan fingerprint density at radius 3 is 2.64 bits per heavy atom. The maximum atomic E-state index is 12.2. The van der Waals surface area contributed by atoms with E-state index >= 15 is 0 Å². The number of rotatable bonds is 6. The van der Waals surface area contributed by atoms with Crippen molar-refractivity contribution in [1.82, 2.24) is 10.6 Å². The molecular weight excluding hydrogens is 300 g/mol. The highest BCUT2D eigenvalue weighted by molar-refractivity contribution is 7.84. The number of carbonyl (C=O) groups is 1. The van der Waals surface area contributed by atoms with Gasteiger partial charge in [-0.1, -0.05) is 19.3 Å². The standard InChI is InChI=1S/C16H30N2O3S/c1-4-21-14-10-13(16(14)8-6-5-7-9-16)18-15(19)17-12(2)11-22(3)20/h12-14H,4-11H2,1-3H3,(H2,17,18,19)/t12-,13+,14-,22-/m1/s1. The normalized spacial score (nSPS) is 29.4. The van der Waals surface area contributed by atoms with Crippen LogP contribution in [0.3, 0.4) is 0 Å². The first kappa shape index (κ1) is 17.7. The molecule has 4 atom stereocenters. The van der Waals surface area contributed by atoms with Gasteiger partial charge in [0, 0.05) is 46.9 Å². The molecule has 1 spiro atoms. The van der Waals surface area contributed by atoms with Crippen molar-refractivity contribution < 1.29 is 13.7 Å². The molecule has 2 saturated carbocycles. The van der Waals surface area contributed by atoms with Gasteiger partial charge in [-0.25, -0.2) is 4.79 Å². The largest absolute Gasteiger partial charge is 0.378 e. The molecule has 2 fully saturated rings. The molecule has 0 unspecified atom stereocenters. The third-order valence-corrected chi connectivity index (χ3v) is 6.07. The van der Waals surface area contributed by atoms with Crippen LogP contribution in [0.1, 0.15) is 52.4 Å². The minimum atomic E-state index is -0.894. The summed E-state index contributed by atoms with van der Waals surface area (Å²) in [6, 6.07) is 0.00225. The second kappa shape index (κ2) is 7.77. The van der Waals surface area contributed by atoms with Crippen LogP contribution in [0.15, 0.2) is 0 Å². The number of ether oxygens (including phenoxy) is 1. The predicted molar refractivity (Wildman–Crippen MR) is 89.4 cm³/mol. The number of amides is 2. The molecule has 0 aliphatic heterocycles. The lowest BCUT2D eigenvalue weighted by molar-refractivity contribution is -0.146. The first-order valence-corrected chi connectivity index (χ1v) is 10.2. The zero-order valence-corrected chi connectivity index (χ0v) is 14.8. The van der Waals surface area contributed by atoms with E-state index in [9.17, 15) is 9.00 Å². The van der Waals surface area contributed by atoms with Crippen LogP contribution in [-0.2, 0) is 15.5 Å². The summed E-state index contributed by atoms with van der Waals surface area (Å²) in [5, 5.41) is 6.04. The van der Waals surface area contributed by atoms with Gasteiger partial charge >= 0.3 is 6.03 Å². The third kappa shape index (κ3) is 4.02. The van der Waals surface area contributed by atoms with Gasteiger partial charge in [0.05, 0.1) is 6.10 Å². The second-order valence-electron chi connectivity index (χ2n) is 6.78. The number of urea groups is 1. The first-order valence-electron chi connectivity index (χ1n) is 8.46. The van der Waals surface area contributed by atoms with Gasteiger partial charge in [-0.3, -0.25) is 4.21 Å². The molecule has 5 nitrogen and oxygen atoms in total. The fraction of sp³-hybridized carbons (Fsp3) is 0.938. The van der Waals surface area contributed by atoms with E-state index in [1.165, 1.54) is 19.3 Å². The molecule has 0 aromatic carbocycles. The quantitative estimate of drug-likeness (QED) is 0.784. The van der Waals surface area contributed by atoms with Gasteiger partial charge in [0.25, 0.3) is 0 Å².